The molecule has 7 heteroatoms. The van der Waals surface area contributed by atoms with Gasteiger partial charge in [0.25, 0.3) is 0 Å². The standard InChI is InChI=1S/C19H16F3N3O/c20-19(21,22)16-3-1-2-15(10-16)11-18(26)24-12-14-4-6-17(7-5-14)25-9-8-23-13-25/h1-10,13H,11-12H2,(H,24,26). The van der Waals surface area contributed by atoms with Gasteiger partial charge in [0.1, 0.15) is 0 Å². The van der Waals surface area contributed by atoms with Crippen molar-refractivity contribution in [2.75, 3.05) is 0 Å². The molecular formula is C19H16F3N3O. The van der Waals surface area contributed by atoms with Crippen molar-refractivity contribution in [3.63, 3.8) is 0 Å². The van der Waals surface area contributed by atoms with Crippen LogP contribution in [0.3, 0.4) is 0 Å². The summed E-state index contributed by atoms with van der Waals surface area (Å²) in [4.78, 5) is 16.0. The Hall–Kier alpha value is -3.09. The summed E-state index contributed by atoms with van der Waals surface area (Å²) >= 11 is 0. The van der Waals surface area contributed by atoms with Gasteiger partial charge in [-0.2, -0.15) is 13.2 Å². The molecule has 1 amide bonds. The summed E-state index contributed by atoms with van der Waals surface area (Å²) in [6, 6.07) is 12.4. The number of nitrogens with one attached hydrogen (secondary N) is 1. The van der Waals surface area contributed by atoms with E-state index in [2.05, 4.69) is 10.3 Å². The predicted octanol–water partition coefficient (Wildman–Crippen LogP) is 3.75. The monoisotopic (exact) mass is 359 g/mol. The molecule has 1 N–H and O–H groups in total. The lowest BCUT2D eigenvalue weighted by Gasteiger charge is -2.09. The van der Waals surface area contributed by atoms with Crippen LogP contribution < -0.4 is 5.32 Å². The molecule has 0 spiro atoms. The zero-order chi connectivity index (χ0) is 18.6. The summed E-state index contributed by atoms with van der Waals surface area (Å²) in [7, 11) is 0. The molecule has 0 saturated carbocycles. The number of hydrogen-bond donors (Lipinski definition) is 1. The molecule has 0 aliphatic rings. The Bertz CT molecular complexity index is 872. The average Bonchev–Trinajstić information content (AvgIpc) is 3.14. The van der Waals surface area contributed by atoms with E-state index >= 15 is 0 Å². The molecule has 0 unspecified atom stereocenters. The summed E-state index contributed by atoms with van der Waals surface area (Å²) in [5.74, 6) is -0.331. The van der Waals surface area contributed by atoms with Crippen LogP contribution in [0.5, 0.6) is 0 Å². The first kappa shape index (κ1) is 17.7. The van der Waals surface area contributed by atoms with Crippen LogP contribution in [0.4, 0.5) is 13.2 Å². The van der Waals surface area contributed by atoms with E-state index in [1.807, 2.05) is 35.0 Å². The van der Waals surface area contributed by atoms with Crippen LogP contribution in [0, 0.1) is 0 Å². The Morgan fingerprint density at radius 2 is 1.85 bits per heavy atom. The Kier molecular flexibility index (Phi) is 5.06. The Morgan fingerprint density at radius 3 is 2.50 bits per heavy atom. The van der Waals surface area contributed by atoms with Crippen LogP contribution in [-0.4, -0.2) is 15.5 Å². The third-order valence-electron chi connectivity index (χ3n) is 3.85. The van der Waals surface area contributed by atoms with Crippen molar-refractivity contribution in [3.05, 3.63) is 83.9 Å². The highest BCUT2D eigenvalue weighted by Gasteiger charge is 2.30. The number of aromatic nitrogens is 2. The fraction of sp³-hybridized carbons (Fsp3) is 0.158. The third-order valence-corrected chi connectivity index (χ3v) is 3.85. The zero-order valence-corrected chi connectivity index (χ0v) is 13.7. The van der Waals surface area contributed by atoms with Gasteiger partial charge in [-0.15, -0.1) is 0 Å². The minimum Gasteiger partial charge on any atom is -0.352 e. The second-order valence-electron chi connectivity index (χ2n) is 5.79. The van der Waals surface area contributed by atoms with Crippen LogP contribution in [0.2, 0.25) is 0 Å². The van der Waals surface area contributed by atoms with Gasteiger partial charge in [0.15, 0.2) is 0 Å². The second kappa shape index (κ2) is 7.43. The molecule has 0 radical (unpaired) electrons. The molecule has 4 nitrogen and oxygen atoms in total. The molecule has 1 aromatic heterocycles. The fourth-order valence-electron chi connectivity index (χ4n) is 2.50. The van der Waals surface area contributed by atoms with Gasteiger partial charge in [-0.25, -0.2) is 4.98 Å². The molecule has 0 aliphatic carbocycles. The summed E-state index contributed by atoms with van der Waals surface area (Å²) in [5, 5.41) is 2.72. The van der Waals surface area contributed by atoms with Crippen molar-refractivity contribution < 1.29 is 18.0 Å². The molecular weight excluding hydrogens is 343 g/mol. The Balaban J connectivity index is 1.56. The van der Waals surface area contributed by atoms with Crippen LogP contribution in [-0.2, 0) is 23.9 Å². The average molecular weight is 359 g/mol. The number of carbonyl (C=O) groups is 1. The van der Waals surface area contributed by atoms with E-state index in [0.717, 1.165) is 23.4 Å². The lowest BCUT2D eigenvalue weighted by Crippen LogP contribution is -2.24. The Morgan fingerprint density at radius 1 is 1.08 bits per heavy atom. The molecule has 0 fully saturated rings. The summed E-state index contributed by atoms with van der Waals surface area (Å²) in [6.07, 6.45) is 0.681. The summed E-state index contributed by atoms with van der Waals surface area (Å²) in [5.41, 5.74) is 1.42. The maximum absolute atomic E-state index is 12.7. The number of alkyl halides is 3. The van der Waals surface area contributed by atoms with E-state index in [0.29, 0.717) is 12.1 Å². The number of carbonyl (C=O) groups excluding carboxylic acids is 1. The van der Waals surface area contributed by atoms with E-state index in [9.17, 15) is 18.0 Å². The fourth-order valence-corrected chi connectivity index (χ4v) is 2.50. The molecule has 1 heterocycles. The van der Waals surface area contributed by atoms with Gasteiger partial charge in [0, 0.05) is 24.6 Å². The second-order valence-corrected chi connectivity index (χ2v) is 5.79. The smallest absolute Gasteiger partial charge is 0.352 e. The van der Waals surface area contributed by atoms with Crippen molar-refractivity contribution in [1.29, 1.82) is 0 Å². The van der Waals surface area contributed by atoms with Gasteiger partial charge in [-0.3, -0.25) is 4.79 Å². The van der Waals surface area contributed by atoms with E-state index in [4.69, 9.17) is 0 Å². The molecule has 0 saturated heterocycles. The van der Waals surface area contributed by atoms with Crippen LogP contribution >= 0.6 is 0 Å². The van der Waals surface area contributed by atoms with Crippen LogP contribution in [0.25, 0.3) is 5.69 Å². The molecule has 3 aromatic rings. The van der Waals surface area contributed by atoms with Crippen LogP contribution in [0.1, 0.15) is 16.7 Å². The van der Waals surface area contributed by atoms with Crippen molar-refractivity contribution in [2.45, 2.75) is 19.1 Å². The molecule has 2 aromatic carbocycles. The van der Waals surface area contributed by atoms with Gasteiger partial charge in [0.05, 0.1) is 18.3 Å². The summed E-state index contributed by atoms with van der Waals surface area (Å²) < 4.78 is 40.0. The van der Waals surface area contributed by atoms with Crippen LogP contribution in [0.15, 0.2) is 67.3 Å². The first-order chi connectivity index (χ1) is 12.4. The maximum Gasteiger partial charge on any atom is 0.416 e. The number of hydrogen-bond acceptors (Lipinski definition) is 2. The predicted molar refractivity (Wildman–Crippen MR) is 90.6 cm³/mol. The van der Waals surface area contributed by atoms with Crippen molar-refractivity contribution in [2.24, 2.45) is 0 Å². The SMILES string of the molecule is O=C(Cc1cccc(C(F)(F)F)c1)NCc1ccc(-n2ccnc2)cc1. The number of amides is 1. The van der Waals surface area contributed by atoms with Gasteiger partial charge in [-0.05, 0) is 29.3 Å². The van der Waals surface area contributed by atoms with Gasteiger partial charge >= 0.3 is 6.18 Å². The Labute approximate surface area is 148 Å². The number of benzene rings is 2. The van der Waals surface area contributed by atoms with Crippen molar-refractivity contribution in [1.82, 2.24) is 14.9 Å². The zero-order valence-electron chi connectivity index (χ0n) is 13.7. The quantitative estimate of drug-likeness (QED) is 0.754. The molecule has 0 aliphatic heterocycles. The van der Waals surface area contributed by atoms with E-state index in [-0.39, 0.29) is 12.3 Å². The molecule has 0 atom stereocenters. The van der Waals surface area contributed by atoms with E-state index < -0.39 is 11.7 Å². The van der Waals surface area contributed by atoms with Gasteiger partial charge < -0.3 is 9.88 Å². The minimum absolute atomic E-state index is 0.100. The largest absolute Gasteiger partial charge is 0.416 e. The molecule has 134 valence electrons. The highest BCUT2D eigenvalue weighted by molar-refractivity contribution is 5.78. The third kappa shape index (κ3) is 4.50. The number of halogens is 3. The first-order valence-corrected chi connectivity index (χ1v) is 7.92. The topological polar surface area (TPSA) is 46.9 Å². The lowest BCUT2D eigenvalue weighted by atomic mass is 10.1. The minimum atomic E-state index is -4.41. The van der Waals surface area contributed by atoms with E-state index in [1.54, 1.807) is 12.5 Å². The molecule has 3 rings (SSSR count). The van der Waals surface area contributed by atoms with E-state index in [1.165, 1.54) is 12.1 Å². The van der Waals surface area contributed by atoms with Crippen molar-refractivity contribution in [3.8, 4) is 5.69 Å². The first-order valence-electron chi connectivity index (χ1n) is 7.92. The molecule has 26 heavy (non-hydrogen) atoms. The normalized spacial score (nSPS) is 11.3. The number of rotatable bonds is 5. The lowest BCUT2D eigenvalue weighted by molar-refractivity contribution is -0.137. The molecule has 0 bridgehead atoms. The van der Waals surface area contributed by atoms with Gasteiger partial charge in [-0.1, -0.05) is 30.3 Å². The number of imidazole rings is 1. The summed E-state index contributed by atoms with van der Waals surface area (Å²) in [6.45, 7) is 0.308. The highest BCUT2D eigenvalue weighted by atomic mass is 19.4. The maximum atomic E-state index is 12.7. The van der Waals surface area contributed by atoms with Gasteiger partial charge in [0.2, 0.25) is 5.91 Å². The van der Waals surface area contributed by atoms with Crippen molar-refractivity contribution >= 4 is 5.91 Å². The number of nitrogens with zero attached hydrogens (tertiary/aromatic N) is 2. The highest BCUT2D eigenvalue weighted by Crippen LogP contribution is 2.29.